The van der Waals surface area contributed by atoms with Crippen molar-refractivity contribution >= 4 is 23.5 Å². The molecule has 2 N–H and O–H groups in total. The SMILES string of the molecule is O=C(Cc1cccc(F)c1)Nc1cccc(CN2C(=O)CNC2=O)c1. The highest BCUT2D eigenvalue weighted by molar-refractivity contribution is 6.01. The van der Waals surface area contributed by atoms with Crippen LogP contribution in [0.25, 0.3) is 0 Å². The lowest BCUT2D eigenvalue weighted by Gasteiger charge is -2.13. The van der Waals surface area contributed by atoms with E-state index in [4.69, 9.17) is 0 Å². The van der Waals surface area contributed by atoms with Gasteiger partial charge in [0.05, 0.1) is 19.5 Å². The first-order valence-corrected chi connectivity index (χ1v) is 7.73. The minimum absolute atomic E-state index is 0.00287. The molecule has 0 radical (unpaired) electrons. The quantitative estimate of drug-likeness (QED) is 0.817. The Morgan fingerprint density at radius 1 is 1.12 bits per heavy atom. The smallest absolute Gasteiger partial charge is 0.324 e. The molecule has 0 spiro atoms. The van der Waals surface area contributed by atoms with Crippen LogP contribution in [0.2, 0.25) is 0 Å². The topological polar surface area (TPSA) is 78.5 Å². The number of halogens is 1. The van der Waals surface area contributed by atoms with Crippen LogP contribution < -0.4 is 10.6 Å². The second-order valence-electron chi connectivity index (χ2n) is 5.69. The molecule has 0 unspecified atom stereocenters. The van der Waals surface area contributed by atoms with Gasteiger partial charge in [0.25, 0.3) is 0 Å². The third kappa shape index (κ3) is 4.20. The molecule has 7 heteroatoms. The van der Waals surface area contributed by atoms with Crippen LogP contribution in [-0.4, -0.2) is 29.3 Å². The van der Waals surface area contributed by atoms with Crippen LogP contribution in [0.5, 0.6) is 0 Å². The van der Waals surface area contributed by atoms with E-state index in [1.807, 2.05) is 0 Å². The molecular formula is C18H16FN3O3. The number of rotatable bonds is 5. The number of nitrogens with one attached hydrogen (secondary N) is 2. The largest absolute Gasteiger partial charge is 0.329 e. The van der Waals surface area contributed by atoms with Crippen molar-refractivity contribution in [3.05, 3.63) is 65.5 Å². The maximum absolute atomic E-state index is 13.2. The predicted octanol–water partition coefficient (Wildman–Crippen LogP) is 2.06. The molecule has 4 amide bonds. The Morgan fingerprint density at radius 2 is 1.88 bits per heavy atom. The molecule has 1 aliphatic rings. The molecule has 0 atom stereocenters. The maximum atomic E-state index is 13.2. The summed E-state index contributed by atoms with van der Waals surface area (Å²) in [5.41, 5.74) is 1.84. The van der Waals surface area contributed by atoms with Gasteiger partial charge in [-0.15, -0.1) is 0 Å². The summed E-state index contributed by atoms with van der Waals surface area (Å²) in [6.45, 7) is 0.140. The lowest BCUT2D eigenvalue weighted by atomic mass is 10.1. The predicted molar refractivity (Wildman–Crippen MR) is 89.1 cm³/mol. The zero-order valence-corrected chi connectivity index (χ0v) is 13.3. The van der Waals surface area contributed by atoms with E-state index in [0.717, 1.165) is 4.90 Å². The molecule has 6 nitrogen and oxygen atoms in total. The standard InChI is InChI=1S/C18H16FN3O3/c19-14-5-1-3-12(7-14)9-16(23)21-15-6-2-4-13(8-15)11-22-17(24)10-20-18(22)25/h1-8H,9-11H2,(H,20,25)(H,21,23). The van der Waals surface area contributed by atoms with Gasteiger partial charge in [0.2, 0.25) is 11.8 Å². The number of hydrogen-bond acceptors (Lipinski definition) is 3. The van der Waals surface area contributed by atoms with Crippen molar-refractivity contribution in [3.8, 4) is 0 Å². The molecule has 1 heterocycles. The maximum Gasteiger partial charge on any atom is 0.324 e. The van der Waals surface area contributed by atoms with Crippen LogP contribution in [0, 0.1) is 5.82 Å². The van der Waals surface area contributed by atoms with Gasteiger partial charge in [-0.05, 0) is 35.4 Å². The Morgan fingerprint density at radius 3 is 2.60 bits per heavy atom. The van der Waals surface area contributed by atoms with Crippen molar-refractivity contribution in [2.75, 3.05) is 11.9 Å². The molecule has 2 aromatic carbocycles. The summed E-state index contributed by atoms with van der Waals surface area (Å²) in [6.07, 6.45) is 0.0506. The highest BCUT2D eigenvalue weighted by atomic mass is 19.1. The molecule has 128 valence electrons. The number of urea groups is 1. The minimum atomic E-state index is -0.425. The number of benzene rings is 2. The molecule has 1 saturated heterocycles. The summed E-state index contributed by atoms with van der Waals surface area (Å²) < 4.78 is 13.2. The Labute approximate surface area is 143 Å². The third-order valence-corrected chi connectivity index (χ3v) is 3.74. The van der Waals surface area contributed by atoms with Crippen molar-refractivity contribution in [2.24, 2.45) is 0 Å². The normalized spacial score (nSPS) is 13.7. The highest BCUT2D eigenvalue weighted by Gasteiger charge is 2.28. The summed E-state index contributed by atoms with van der Waals surface area (Å²) in [6, 6.07) is 12.3. The molecule has 3 rings (SSSR count). The van der Waals surface area contributed by atoms with E-state index in [2.05, 4.69) is 10.6 Å². The fraction of sp³-hybridized carbons (Fsp3) is 0.167. The van der Waals surface area contributed by atoms with Crippen molar-refractivity contribution in [3.63, 3.8) is 0 Å². The first kappa shape index (κ1) is 16.6. The summed E-state index contributed by atoms with van der Waals surface area (Å²) in [4.78, 5) is 36.4. The zero-order valence-electron chi connectivity index (χ0n) is 13.3. The molecule has 0 saturated carbocycles. The molecule has 1 fully saturated rings. The van der Waals surface area contributed by atoms with Gasteiger partial charge in [-0.25, -0.2) is 9.18 Å². The number of carbonyl (C=O) groups excluding carboxylic acids is 3. The molecule has 1 aliphatic heterocycles. The molecule has 0 aliphatic carbocycles. The van der Waals surface area contributed by atoms with Crippen LogP contribution in [0.3, 0.4) is 0 Å². The molecule has 0 aromatic heterocycles. The van der Waals surface area contributed by atoms with Crippen LogP contribution >= 0.6 is 0 Å². The van der Waals surface area contributed by atoms with E-state index in [1.54, 1.807) is 36.4 Å². The summed E-state index contributed by atoms with van der Waals surface area (Å²) in [7, 11) is 0. The van der Waals surface area contributed by atoms with E-state index >= 15 is 0 Å². The van der Waals surface area contributed by atoms with Gasteiger partial charge in [-0.2, -0.15) is 0 Å². The van der Waals surface area contributed by atoms with Crippen LogP contribution in [0.15, 0.2) is 48.5 Å². The van der Waals surface area contributed by atoms with E-state index in [-0.39, 0.29) is 37.1 Å². The van der Waals surface area contributed by atoms with E-state index < -0.39 is 6.03 Å². The van der Waals surface area contributed by atoms with E-state index in [9.17, 15) is 18.8 Å². The van der Waals surface area contributed by atoms with Crippen LogP contribution in [0.4, 0.5) is 14.9 Å². The number of carbonyl (C=O) groups is 3. The van der Waals surface area contributed by atoms with Gasteiger partial charge in [0.1, 0.15) is 5.82 Å². The molecule has 25 heavy (non-hydrogen) atoms. The van der Waals surface area contributed by atoms with E-state index in [1.165, 1.54) is 12.1 Å². The second-order valence-corrected chi connectivity index (χ2v) is 5.69. The van der Waals surface area contributed by atoms with Crippen LogP contribution in [-0.2, 0) is 22.6 Å². The first-order valence-electron chi connectivity index (χ1n) is 7.73. The average Bonchev–Trinajstić information content (AvgIpc) is 2.87. The highest BCUT2D eigenvalue weighted by Crippen LogP contribution is 2.15. The van der Waals surface area contributed by atoms with Gasteiger partial charge < -0.3 is 10.6 Å². The third-order valence-electron chi connectivity index (χ3n) is 3.74. The number of amides is 4. The fourth-order valence-electron chi connectivity index (χ4n) is 2.58. The van der Waals surface area contributed by atoms with Gasteiger partial charge >= 0.3 is 6.03 Å². The lowest BCUT2D eigenvalue weighted by molar-refractivity contribution is -0.125. The molecular weight excluding hydrogens is 325 g/mol. The van der Waals surface area contributed by atoms with Gasteiger partial charge in [-0.1, -0.05) is 24.3 Å². The van der Waals surface area contributed by atoms with Crippen LogP contribution in [0.1, 0.15) is 11.1 Å². The van der Waals surface area contributed by atoms with Crippen molar-refractivity contribution < 1.29 is 18.8 Å². The average molecular weight is 341 g/mol. The number of imide groups is 1. The second kappa shape index (κ2) is 7.12. The number of hydrogen-bond donors (Lipinski definition) is 2. The van der Waals surface area contributed by atoms with Crippen molar-refractivity contribution in [2.45, 2.75) is 13.0 Å². The summed E-state index contributed by atoms with van der Waals surface area (Å²) in [5.74, 6) is -0.955. The Hall–Kier alpha value is -3.22. The van der Waals surface area contributed by atoms with E-state index in [0.29, 0.717) is 16.8 Å². The first-order chi connectivity index (χ1) is 12.0. The Kier molecular flexibility index (Phi) is 4.74. The van der Waals surface area contributed by atoms with Crippen molar-refractivity contribution in [1.29, 1.82) is 0 Å². The Balaban J connectivity index is 1.64. The number of nitrogens with zero attached hydrogens (tertiary/aromatic N) is 1. The van der Waals surface area contributed by atoms with Crippen molar-refractivity contribution in [1.82, 2.24) is 10.2 Å². The molecule has 0 bridgehead atoms. The van der Waals surface area contributed by atoms with Gasteiger partial charge in [0.15, 0.2) is 0 Å². The minimum Gasteiger partial charge on any atom is -0.329 e. The monoisotopic (exact) mass is 341 g/mol. The fourth-order valence-corrected chi connectivity index (χ4v) is 2.58. The van der Waals surface area contributed by atoms with Gasteiger partial charge in [-0.3, -0.25) is 14.5 Å². The number of anilines is 1. The zero-order chi connectivity index (χ0) is 17.8. The Bertz CT molecular complexity index is 822. The molecule has 2 aromatic rings. The lowest BCUT2D eigenvalue weighted by Crippen LogP contribution is -2.30. The summed E-state index contributed by atoms with van der Waals surface area (Å²) in [5, 5.41) is 5.19. The van der Waals surface area contributed by atoms with Gasteiger partial charge in [0, 0.05) is 5.69 Å². The summed E-state index contributed by atoms with van der Waals surface area (Å²) >= 11 is 0.